The van der Waals surface area contributed by atoms with Crippen LogP contribution in [0, 0.1) is 18.6 Å². The quantitative estimate of drug-likeness (QED) is 0.446. The Balaban J connectivity index is 2.07. The van der Waals surface area contributed by atoms with Gasteiger partial charge >= 0.3 is 6.18 Å². The molecule has 0 aliphatic heterocycles. The first kappa shape index (κ1) is 21.7. The molecule has 10 heteroatoms. The molecule has 2 N–H and O–H groups in total. The van der Waals surface area contributed by atoms with Gasteiger partial charge in [0.2, 0.25) is 0 Å². The number of pyridine rings is 2. The first-order chi connectivity index (χ1) is 14.1. The number of thioether (sulfide) groups is 1. The summed E-state index contributed by atoms with van der Waals surface area (Å²) in [6.07, 6.45) is -2.27. The number of carbonyl (C=O) groups excluding carboxylic acids is 1. The Morgan fingerprint density at radius 1 is 1.03 bits per heavy atom. The number of benzene rings is 1. The minimum absolute atomic E-state index is 0.00379. The van der Waals surface area contributed by atoms with Gasteiger partial charge in [0, 0.05) is 22.9 Å². The standard InChI is InChI=1S/C20H14F5N3OS/c1-10-6-16(19(26)29)27-9-14(10)18(13-7-11(21)2-4-15(13)22)30-12-3-5-17(28-8-12)20(23,24)25/h2-9,18H,1H3,(H2,26,29). The molecule has 0 spiro atoms. The zero-order chi connectivity index (χ0) is 22.1. The largest absolute Gasteiger partial charge is 0.433 e. The summed E-state index contributed by atoms with van der Waals surface area (Å²) in [4.78, 5) is 19.0. The van der Waals surface area contributed by atoms with E-state index >= 15 is 0 Å². The first-order valence-electron chi connectivity index (χ1n) is 8.47. The summed E-state index contributed by atoms with van der Waals surface area (Å²) in [5.74, 6) is -2.13. The van der Waals surface area contributed by atoms with Crippen LogP contribution in [-0.2, 0) is 6.18 Å². The van der Waals surface area contributed by atoms with E-state index in [0.717, 1.165) is 42.2 Å². The third-order valence-corrected chi connectivity index (χ3v) is 5.46. The van der Waals surface area contributed by atoms with Crippen molar-refractivity contribution >= 4 is 17.7 Å². The monoisotopic (exact) mass is 439 g/mol. The van der Waals surface area contributed by atoms with Gasteiger partial charge in [0.25, 0.3) is 5.91 Å². The van der Waals surface area contributed by atoms with Crippen molar-refractivity contribution in [2.45, 2.75) is 23.2 Å². The van der Waals surface area contributed by atoms with E-state index in [0.29, 0.717) is 16.0 Å². The maximum atomic E-state index is 14.5. The molecule has 0 fully saturated rings. The molecule has 1 unspecified atom stereocenters. The number of halogens is 5. The van der Waals surface area contributed by atoms with E-state index in [4.69, 9.17) is 5.73 Å². The van der Waals surface area contributed by atoms with Crippen LogP contribution in [0.1, 0.15) is 38.1 Å². The Labute approximate surface area is 172 Å². The summed E-state index contributed by atoms with van der Waals surface area (Å²) >= 11 is 0.973. The topological polar surface area (TPSA) is 68.9 Å². The molecule has 0 saturated carbocycles. The summed E-state index contributed by atoms with van der Waals surface area (Å²) in [6, 6.07) is 6.35. The average molecular weight is 439 g/mol. The minimum atomic E-state index is -4.59. The third-order valence-electron chi connectivity index (χ3n) is 4.21. The van der Waals surface area contributed by atoms with E-state index in [1.165, 1.54) is 18.3 Å². The van der Waals surface area contributed by atoms with E-state index in [2.05, 4.69) is 9.97 Å². The Morgan fingerprint density at radius 2 is 1.77 bits per heavy atom. The Morgan fingerprint density at radius 3 is 2.33 bits per heavy atom. The molecule has 1 atom stereocenters. The van der Waals surface area contributed by atoms with Crippen LogP contribution in [0.5, 0.6) is 0 Å². The number of aryl methyl sites for hydroxylation is 1. The summed E-state index contributed by atoms with van der Waals surface area (Å²) in [7, 11) is 0. The Kier molecular flexibility index (Phi) is 6.06. The highest BCUT2D eigenvalue weighted by molar-refractivity contribution is 7.99. The number of carbonyl (C=O) groups is 1. The van der Waals surface area contributed by atoms with Crippen molar-refractivity contribution in [3.63, 3.8) is 0 Å². The number of hydrogen-bond donors (Lipinski definition) is 1. The van der Waals surface area contributed by atoms with Gasteiger partial charge in [0.15, 0.2) is 0 Å². The van der Waals surface area contributed by atoms with Crippen molar-refractivity contribution in [3.05, 3.63) is 88.5 Å². The number of amides is 1. The fourth-order valence-corrected chi connectivity index (χ4v) is 3.95. The lowest BCUT2D eigenvalue weighted by atomic mass is 10.0. The zero-order valence-electron chi connectivity index (χ0n) is 15.4. The zero-order valence-corrected chi connectivity index (χ0v) is 16.2. The lowest BCUT2D eigenvalue weighted by Crippen LogP contribution is -2.14. The number of nitrogens with zero attached hydrogens (tertiary/aromatic N) is 2. The van der Waals surface area contributed by atoms with Gasteiger partial charge in [-0.3, -0.25) is 14.8 Å². The molecule has 0 aliphatic carbocycles. The Bertz CT molecular complexity index is 1090. The van der Waals surface area contributed by atoms with Crippen LogP contribution in [0.4, 0.5) is 22.0 Å². The molecular formula is C20H14F5N3OS. The minimum Gasteiger partial charge on any atom is -0.364 e. The molecule has 3 aromatic rings. The second-order valence-corrected chi connectivity index (χ2v) is 7.51. The van der Waals surface area contributed by atoms with E-state index in [-0.39, 0.29) is 11.3 Å². The lowest BCUT2D eigenvalue weighted by Gasteiger charge is -2.20. The average Bonchev–Trinajstić information content (AvgIpc) is 2.68. The SMILES string of the molecule is Cc1cc(C(N)=O)ncc1C(Sc1ccc(C(F)(F)F)nc1)c1cc(F)ccc1F. The molecular weight excluding hydrogens is 425 g/mol. The fourth-order valence-electron chi connectivity index (χ4n) is 2.74. The van der Waals surface area contributed by atoms with Crippen molar-refractivity contribution in [1.29, 1.82) is 0 Å². The van der Waals surface area contributed by atoms with Crippen LogP contribution in [0.3, 0.4) is 0 Å². The lowest BCUT2D eigenvalue weighted by molar-refractivity contribution is -0.141. The van der Waals surface area contributed by atoms with Gasteiger partial charge < -0.3 is 5.73 Å². The van der Waals surface area contributed by atoms with Crippen molar-refractivity contribution in [3.8, 4) is 0 Å². The predicted octanol–water partition coefficient (Wildman–Crippen LogP) is 5.06. The number of aromatic nitrogens is 2. The molecule has 4 nitrogen and oxygen atoms in total. The first-order valence-corrected chi connectivity index (χ1v) is 9.35. The molecule has 30 heavy (non-hydrogen) atoms. The maximum absolute atomic E-state index is 14.5. The summed E-state index contributed by atoms with van der Waals surface area (Å²) in [6.45, 7) is 1.64. The van der Waals surface area contributed by atoms with E-state index in [1.807, 2.05) is 0 Å². The second kappa shape index (κ2) is 8.39. The van der Waals surface area contributed by atoms with Crippen LogP contribution in [0.2, 0.25) is 0 Å². The molecule has 0 radical (unpaired) electrons. The van der Waals surface area contributed by atoms with Crippen LogP contribution < -0.4 is 5.73 Å². The van der Waals surface area contributed by atoms with Crippen molar-refractivity contribution in [2.24, 2.45) is 5.73 Å². The molecule has 0 saturated heterocycles. The van der Waals surface area contributed by atoms with Crippen molar-refractivity contribution in [2.75, 3.05) is 0 Å². The Hall–Kier alpha value is -3.01. The number of alkyl halides is 3. The van der Waals surface area contributed by atoms with Crippen molar-refractivity contribution in [1.82, 2.24) is 9.97 Å². The van der Waals surface area contributed by atoms with E-state index in [1.54, 1.807) is 6.92 Å². The highest BCUT2D eigenvalue weighted by Crippen LogP contribution is 2.43. The van der Waals surface area contributed by atoms with Crippen molar-refractivity contribution < 1.29 is 26.7 Å². The molecule has 0 bridgehead atoms. The molecule has 2 aromatic heterocycles. The van der Waals surface area contributed by atoms with Gasteiger partial charge in [-0.2, -0.15) is 13.2 Å². The molecule has 1 aromatic carbocycles. The normalized spacial score (nSPS) is 12.6. The second-order valence-electron chi connectivity index (χ2n) is 6.33. The van der Waals surface area contributed by atoms with Crippen LogP contribution in [0.15, 0.2) is 53.7 Å². The molecule has 2 heterocycles. The van der Waals surface area contributed by atoms with Gasteiger partial charge in [0.05, 0.1) is 5.25 Å². The van der Waals surface area contributed by atoms with Crippen LogP contribution >= 0.6 is 11.8 Å². The number of nitrogens with two attached hydrogens (primary N) is 1. The fraction of sp³-hybridized carbons (Fsp3) is 0.150. The molecule has 0 aliphatic rings. The summed E-state index contributed by atoms with van der Waals surface area (Å²) in [5, 5.41) is -0.867. The highest BCUT2D eigenvalue weighted by Gasteiger charge is 2.32. The van der Waals surface area contributed by atoms with Gasteiger partial charge in [0.1, 0.15) is 23.0 Å². The van der Waals surface area contributed by atoms with Gasteiger partial charge in [-0.25, -0.2) is 8.78 Å². The number of hydrogen-bond acceptors (Lipinski definition) is 4. The van der Waals surface area contributed by atoms with Gasteiger partial charge in [-0.15, -0.1) is 11.8 Å². The van der Waals surface area contributed by atoms with Crippen LogP contribution in [-0.4, -0.2) is 15.9 Å². The van der Waals surface area contributed by atoms with Gasteiger partial charge in [-0.1, -0.05) is 0 Å². The maximum Gasteiger partial charge on any atom is 0.433 e. The highest BCUT2D eigenvalue weighted by atomic mass is 32.2. The third kappa shape index (κ3) is 4.76. The van der Waals surface area contributed by atoms with Crippen LogP contribution in [0.25, 0.3) is 0 Å². The predicted molar refractivity (Wildman–Crippen MR) is 101 cm³/mol. The summed E-state index contributed by atoms with van der Waals surface area (Å²) in [5.41, 5.74) is 5.09. The van der Waals surface area contributed by atoms with E-state index in [9.17, 15) is 26.7 Å². The number of primary amides is 1. The van der Waals surface area contributed by atoms with Gasteiger partial charge in [-0.05, 0) is 54.4 Å². The molecule has 3 rings (SSSR count). The summed E-state index contributed by atoms with van der Waals surface area (Å²) < 4.78 is 66.6. The molecule has 156 valence electrons. The van der Waals surface area contributed by atoms with E-state index < -0.39 is 34.7 Å². The number of rotatable bonds is 5. The molecule has 1 amide bonds. The smallest absolute Gasteiger partial charge is 0.364 e.